The fraction of sp³-hybridized carbons (Fsp3) is 0.400. The summed E-state index contributed by atoms with van der Waals surface area (Å²) in [5.41, 5.74) is 0.722. The summed E-state index contributed by atoms with van der Waals surface area (Å²) in [4.78, 5) is 18.4. The fourth-order valence-corrected chi connectivity index (χ4v) is 2.45. The zero-order valence-electron chi connectivity index (χ0n) is 12.6. The molecule has 0 spiro atoms. The second-order valence-electron chi connectivity index (χ2n) is 5.21. The van der Waals surface area contributed by atoms with Crippen molar-refractivity contribution in [1.82, 2.24) is 20.4 Å². The monoisotopic (exact) mass is 302 g/mol. The fourth-order valence-electron chi connectivity index (χ4n) is 2.45. The summed E-state index contributed by atoms with van der Waals surface area (Å²) in [5.74, 6) is 0.891. The molecule has 0 radical (unpaired) electrons. The zero-order chi connectivity index (χ0) is 15.5. The van der Waals surface area contributed by atoms with Gasteiger partial charge in [-0.15, -0.1) is 0 Å². The minimum absolute atomic E-state index is 0.0894. The van der Waals surface area contributed by atoms with Crippen molar-refractivity contribution in [2.75, 3.05) is 26.7 Å². The maximum atomic E-state index is 12.5. The lowest BCUT2D eigenvalue weighted by molar-refractivity contribution is 0.0640. The van der Waals surface area contributed by atoms with Crippen molar-refractivity contribution in [3.63, 3.8) is 0 Å². The van der Waals surface area contributed by atoms with Crippen LogP contribution in [0.4, 0.5) is 0 Å². The van der Waals surface area contributed by atoms with E-state index < -0.39 is 0 Å². The predicted octanol–water partition coefficient (Wildman–Crippen LogP) is 1.18. The van der Waals surface area contributed by atoms with Crippen molar-refractivity contribution in [3.8, 4) is 17.2 Å². The summed E-state index contributed by atoms with van der Waals surface area (Å²) in [6, 6.07) is 7.39. The number of hydrogen-bond donors (Lipinski definition) is 1. The number of carbonyl (C=O) groups is 1. The van der Waals surface area contributed by atoms with E-state index in [1.54, 1.807) is 18.1 Å². The van der Waals surface area contributed by atoms with Crippen molar-refractivity contribution in [2.24, 2.45) is 0 Å². The Balaban J connectivity index is 1.82. The third kappa shape index (κ3) is 2.80. The van der Waals surface area contributed by atoms with Gasteiger partial charge in [-0.1, -0.05) is 11.2 Å². The average molecular weight is 302 g/mol. The van der Waals surface area contributed by atoms with E-state index in [0.29, 0.717) is 18.2 Å². The quantitative estimate of drug-likeness (QED) is 0.917. The number of amides is 1. The molecule has 0 aliphatic carbocycles. The molecule has 2 aromatic rings. The molecule has 1 aliphatic heterocycles. The number of piperazine rings is 1. The molecule has 0 saturated carbocycles. The summed E-state index contributed by atoms with van der Waals surface area (Å²) in [5, 5.41) is 7.06. The zero-order valence-corrected chi connectivity index (χ0v) is 12.6. The maximum Gasteiger partial charge on any atom is 0.295 e. The van der Waals surface area contributed by atoms with Crippen molar-refractivity contribution in [3.05, 3.63) is 30.1 Å². The molecular weight excluding hydrogens is 284 g/mol. The van der Waals surface area contributed by atoms with Crippen molar-refractivity contribution < 1.29 is 14.1 Å². The Morgan fingerprint density at radius 1 is 1.50 bits per heavy atom. The highest BCUT2D eigenvalue weighted by Crippen LogP contribution is 2.22. The van der Waals surface area contributed by atoms with Crippen LogP contribution in [0.3, 0.4) is 0 Å². The lowest BCUT2D eigenvalue weighted by Crippen LogP contribution is -2.52. The van der Waals surface area contributed by atoms with Gasteiger partial charge in [0.25, 0.3) is 17.6 Å². The molecule has 1 atom stereocenters. The van der Waals surface area contributed by atoms with Gasteiger partial charge < -0.3 is 19.5 Å². The SMILES string of the molecule is COc1cccc(-c2nc(C(=O)N3CCNC[C@H]3C)no2)c1. The second-order valence-corrected chi connectivity index (χ2v) is 5.21. The Bertz CT molecular complexity index is 670. The van der Waals surface area contributed by atoms with Crippen LogP contribution in [0.2, 0.25) is 0 Å². The van der Waals surface area contributed by atoms with Crippen LogP contribution in [-0.2, 0) is 0 Å². The molecule has 0 bridgehead atoms. The molecule has 1 saturated heterocycles. The lowest BCUT2D eigenvalue weighted by atomic mass is 10.2. The molecule has 22 heavy (non-hydrogen) atoms. The number of aromatic nitrogens is 2. The first-order chi connectivity index (χ1) is 10.7. The van der Waals surface area contributed by atoms with E-state index in [9.17, 15) is 4.79 Å². The summed E-state index contributed by atoms with van der Waals surface area (Å²) < 4.78 is 10.4. The molecule has 1 fully saturated rings. The minimum atomic E-state index is -0.202. The Morgan fingerprint density at radius 3 is 3.14 bits per heavy atom. The predicted molar refractivity (Wildman–Crippen MR) is 79.7 cm³/mol. The number of hydrogen-bond acceptors (Lipinski definition) is 6. The average Bonchev–Trinajstić information content (AvgIpc) is 3.05. The van der Waals surface area contributed by atoms with Gasteiger partial charge in [0.1, 0.15) is 5.75 Å². The standard InChI is InChI=1S/C15H18N4O3/c1-10-9-16-6-7-19(10)15(20)13-17-14(22-18-13)11-4-3-5-12(8-11)21-2/h3-5,8,10,16H,6-7,9H2,1-2H3/t10-/m1/s1. The first kappa shape index (κ1) is 14.5. The van der Waals surface area contributed by atoms with Gasteiger partial charge >= 0.3 is 0 Å². The second kappa shape index (κ2) is 6.15. The van der Waals surface area contributed by atoms with Crippen LogP contribution in [-0.4, -0.2) is 53.7 Å². The van der Waals surface area contributed by atoms with E-state index in [0.717, 1.165) is 18.7 Å². The molecule has 0 unspecified atom stereocenters. The minimum Gasteiger partial charge on any atom is -0.497 e. The van der Waals surface area contributed by atoms with Gasteiger partial charge in [-0.2, -0.15) is 4.98 Å². The summed E-state index contributed by atoms with van der Waals surface area (Å²) in [6.45, 7) is 4.18. The van der Waals surface area contributed by atoms with Crippen molar-refractivity contribution in [2.45, 2.75) is 13.0 Å². The topological polar surface area (TPSA) is 80.5 Å². The van der Waals surface area contributed by atoms with E-state index in [1.807, 2.05) is 25.1 Å². The number of nitrogens with one attached hydrogen (secondary N) is 1. The molecule has 1 aliphatic rings. The van der Waals surface area contributed by atoms with E-state index >= 15 is 0 Å². The van der Waals surface area contributed by atoms with E-state index in [1.165, 1.54) is 0 Å². The Hall–Kier alpha value is -2.41. The molecule has 1 aromatic heterocycles. The third-order valence-electron chi connectivity index (χ3n) is 3.70. The summed E-state index contributed by atoms with van der Waals surface area (Å²) >= 11 is 0. The van der Waals surface area contributed by atoms with E-state index in [-0.39, 0.29) is 17.8 Å². The first-order valence-corrected chi connectivity index (χ1v) is 7.19. The smallest absolute Gasteiger partial charge is 0.295 e. The van der Waals surface area contributed by atoms with Gasteiger partial charge in [-0.25, -0.2) is 0 Å². The van der Waals surface area contributed by atoms with Crippen LogP contribution in [0.5, 0.6) is 5.75 Å². The molecule has 1 aromatic carbocycles. The van der Waals surface area contributed by atoms with E-state index in [2.05, 4.69) is 15.5 Å². The first-order valence-electron chi connectivity index (χ1n) is 7.19. The number of carbonyl (C=O) groups excluding carboxylic acids is 1. The Labute approximate surface area is 128 Å². The number of benzene rings is 1. The molecule has 7 heteroatoms. The van der Waals surface area contributed by atoms with Gasteiger partial charge in [0, 0.05) is 31.2 Å². The lowest BCUT2D eigenvalue weighted by Gasteiger charge is -2.32. The molecule has 1 amide bonds. The molecule has 2 heterocycles. The third-order valence-corrected chi connectivity index (χ3v) is 3.70. The van der Waals surface area contributed by atoms with Crippen LogP contribution in [0.1, 0.15) is 17.5 Å². The largest absolute Gasteiger partial charge is 0.497 e. The molecule has 3 rings (SSSR count). The highest BCUT2D eigenvalue weighted by atomic mass is 16.5. The van der Waals surface area contributed by atoms with Crippen LogP contribution in [0, 0.1) is 0 Å². The van der Waals surface area contributed by atoms with Gasteiger partial charge in [-0.05, 0) is 25.1 Å². The van der Waals surface area contributed by atoms with Crippen LogP contribution < -0.4 is 10.1 Å². The number of nitrogens with zero attached hydrogens (tertiary/aromatic N) is 3. The van der Waals surface area contributed by atoms with Crippen LogP contribution in [0.15, 0.2) is 28.8 Å². The van der Waals surface area contributed by atoms with Crippen molar-refractivity contribution >= 4 is 5.91 Å². The summed E-state index contributed by atoms with van der Waals surface area (Å²) in [6.07, 6.45) is 0. The highest BCUT2D eigenvalue weighted by molar-refractivity contribution is 5.91. The van der Waals surface area contributed by atoms with Gasteiger partial charge in [-0.3, -0.25) is 4.79 Å². The number of rotatable bonds is 3. The normalized spacial score (nSPS) is 18.3. The molecular formula is C15H18N4O3. The molecule has 116 valence electrons. The van der Waals surface area contributed by atoms with Gasteiger partial charge in [0.2, 0.25) is 0 Å². The highest BCUT2D eigenvalue weighted by Gasteiger charge is 2.27. The van der Waals surface area contributed by atoms with Gasteiger partial charge in [0.15, 0.2) is 0 Å². The van der Waals surface area contributed by atoms with E-state index in [4.69, 9.17) is 9.26 Å². The van der Waals surface area contributed by atoms with Gasteiger partial charge in [0.05, 0.1) is 7.11 Å². The molecule has 1 N–H and O–H groups in total. The molecule has 7 nitrogen and oxygen atoms in total. The Morgan fingerprint density at radius 2 is 2.36 bits per heavy atom. The maximum absolute atomic E-state index is 12.5. The summed E-state index contributed by atoms with van der Waals surface area (Å²) in [7, 11) is 1.59. The van der Waals surface area contributed by atoms with Crippen LogP contribution >= 0.6 is 0 Å². The number of ether oxygens (including phenoxy) is 1. The van der Waals surface area contributed by atoms with Crippen LogP contribution in [0.25, 0.3) is 11.5 Å². The Kier molecular flexibility index (Phi) is 4.06. The number of methoxy groups -OCH3 is 1. The van der Waals surface area contributed by atoms with Crippen molar-refractivity contribution in [1.29, 1.82) is 0 Å².